The second-order valence-electron chi connectivity index (χ2n) is 5.85. The van der Waals surface area contributed by atoms with Crippen molar-refractivity contribution in [2.24, 2.45) is 17.6 Å². The molecule has 0 heterocycles. The zero-order valence-corrected chi connectivity index (χ0v) is 11.8. The van der Waals surface area contributed by atoms with Crippen LogP contribution in [0.2, 0.25) is 0 Å². The second kappa shape index (κ2) is 4.86. The maximum Gasteiger partial charge on any atom is 0.0443 e. The SMILES string of the molecule is CC1CC1CN(C)c1ccc(CN)c2ccccc12. The predicted octanol–water partition coefficient (Wildman–Crippen LogP) is 3.39. The first kappa shape index (κ1) is 12.5. The molecule has 19 heavy (non-hydrogen) atoms. The van der Waals surface area contributed by atoms with Crippen molar-refractivity contribution in [1.82, 2.24) is 0 Å². The zero-order chi connectivity index (χ0) is 13.4. The van der Waals surface area contributed by atoms with E-state index in [0.717, 1.165) is 18.4 Å². The molecule has 100 valence electrons. The van der Waals surface area contributed by atoms with Crippen molar-refractivity contribution in [3.8, 4) is 0 Å². The first-order chi connectivity index (χ1) is 9.20. The average Bonchev–Trinajstić information content (AvgIpc) is 3.12. The monoisotopic (exact) mass is 254 g/mol. The Morgan fingerprint density at radius 3 is 2.47 bits per heavy atom. The van der Waals surface area contributed by atoms with E-state index >= 15 is 0 Å². The van der Waals surface area contributed by atoms with E-state index in [1.165, 1.54) is 28.4 Å². The molecule has 0 bridgehead atoms. The molecule has 2 aromatic rings. The molecule has 2 N–H and O–H groups in total. The van der Waals surface area contributed by atoms with Crippen molar-refractivity contribution in [2.45, 2.75) is 19.9 Å². The standard InChI is InChI=1S/C17H22N2/c1-12-9-14(12)11-19(2)17-8-7-13(10-18)15-5-3-4-6-16(15)17/h3-8,12,14H,9-11,18H2,1-2H3. The molecule has 0 radical (unpaired) electrons. The zero-order valence-electron chi connectivity index (χ0n) is 11.8. The number of nitrogens with two attached hydrogens (primary N) is 1. The van der Waals surface area contributed by atoms with Crippen LogP contribution in [0.25, 0.3) is 10.8 Å². The number of hydrogen-bond donors (Lipinski definition) is 1. The fraction of sp³-hybridized carbons (Fsp3) is 0.412. The van der Waals surface area contributed by atoms with E-state index in [2.05, 4.69) is 55.3 Å². The van der Waals surface area contributed by atoms with Gasteiger partial charge in [-0.05, 0) is 35.3 Å². The Morgan fingerprint density at radius 1 is 1.16 bits per heavy atom. The minimum Gasteiger partial charge on any atom is -0.374 e. The van der Waals surface area contributed by atoms with Crippen LogP contribution in [0.4, 0.5) is 5.69 Å². The lowest BCUT2D eigenvalue weighted by Gasteiger charge is -2.22. The first-order valence-corrected chi connectivity index (χ1v) is 7.12. The molecule has 0 aromatic heterocycles. The van der Waals surface area contributed by atoms with Gasteiger partial charge in [0, 0.05) is 31.2 Å². The molecule has 2 heteroatoms. The van der Waals surface area contributed by atoms with Gasteiger partial charge < -0.3 is 10.6 Å². The van der Waals surface area contributed by atoms with Crippen molar-refractivity contribution in [1.29, 1.82) is 0 Å². The average molecular weight is 254 g/mol. The van der Waals surface area contributed by atoms with Gasteiger partial charge in [-0.2, -0.15) is 0 Å². The molecule has 1 aliphatic rings. The van der Waals surface area contributed by atoms with E-state index in [0.29, 0.717) is 6.54 Å². The molecule has 1 saturated carbocycles. The van der Waals surface area contributed by atoms with E-state index in [4.69, 9.17) is 5.73 Å². The molecule has 1 aliphatic carbocycles. The van der Waals surface area contributed by atoms with Gasteiger partial charge >= 0.3 is 0 Å². The van der Waals surface area contributed by atoms with Gasteiger partial charge in [0.15, 0.2) is 0 Å². The van der Waals surface area contributed by atoms with Gasteiger partial charge in [0.25, 0.3) is 0 Å². The maximum absolute atomic E-state index is 5.84. The summed E-state index contributed by atoms with van der Waals surface area (Å²) in [4.78, 5) is 2.40. The summed E-state index contributed by atoms with van der Waals surface area (Å²) >= 11 is 0. The lowest BCUT2D eigenvalue weighted by molar-refractivity contribution is 0.727. The van der Waals surface area contributed by atoms with Gasteiger partial charge in [-0.3, -0.25) is 0 Å². The lowest BCUT2D eigenvalue weighted by atomic mass is 10.0. The largest absolute Gasteiger partial charge is 0.374 e. The van der Waals surface area contributed by atoms with Gasteiger partial charge in [0.1, 0.15) is 0 Å². The predicted molar refractivity (Wildman–Crippen MR) is 82.4 cm³/mol. The van der Waals surface area contributed by atoms with Crippen molar-refractivity contribution in [3.05, 3.63) is 42.0 Å². The number of anilines is 1. The summed E-state index contributed by atoms with van der Waals surface area (Å²) in [6.07, 6.45) is 1.38. The third kappa shape index (κ3) is 2.33. The van der Waals surface area contributed by atoms with Crippen molar-refractivity contribution in [2.75, 3.05) is 18.5 Å². The van der Waals surface area contributed by atoms with Crippen LogP contribution in [0.1, 0.15) is 18.9 Å². The van der Waals surface area contributed by atoms with Crippen LogP contribution in [-0.2, 0) is 6.54 Å². The summed E-state index contributed by atoms with van der Waals surface area (Å²) in [5.74, 6) is 1.77. The van der Waals surface area contributed by atoms with Crippen molar-refractivity contribution < 1.29 is 0 Å². The Labute approximate surface area is 115 Å². The maximum atomic E-state index is 5.84. The normalized spacial score (nSPS) is 21.6. The smallest absolute Gasteiger partial charge is 0.0443 e. The Hall–Kier alpha value is -1.54. The third-order valence-corrected chi connectivity index (χ3v) is 4.41. The van der Waals surface area contributed by atoms with E-state index in [1.54, 1.807) is 0 Å². The number of rotatable bonds is 4. The molecule has 2 nitrogen and oxygen atoms in total. The fourth-order valence-corrected chi connectivity index (χ4v) is 2.96. The summed E-state index contributed by atoms with van der Waals surface area (Å²) in [5.41, 5.74) is 8.39. The van der Waals surface area contributed by atoms with Crippen LogP contribution < -0.4 is 10.6 Å². The van der Waals surface area contributed by atoms with Crippen LogP contribution >= 0.6 is 0 Å². The van der Waals surface area contributed by atoms with E-state index < -0.39 is 0 Å². The fourth-order valence-electron chi connectivity index (χ4n) is 2.96. The molecule has 2 atom stereocenters. The van der Waals surface area contributed by atoms with Crippen LogP contribution in [-0.4, -0.2) is 13.6 Å². The Balaban J connectivity index is 1.99. The van der Waals surface area contributed by atoms with Gasteiger partial charge in [0.05, 0.1) is 0 Å². The van der Waals surface area contributed by atoms with Gasteiger partial charge in [-0.25, -0.2) is 0 Å². The lowest BCUT2D eigenvalue weighted by Crippen LogP contribution is -2.20. The summed E-state index contributed by atoms with van der Waals surface area (Å²) < 4.78 is 0. The number of nitrogens with zero attached hydrogens (tertiary/aromatic N) is 1. The Bertz CT molecular complexity index is 591. The van der Waals surface area contributed by atoms with E-state index in [-0.39, 0.29) is 0 Å². The molecule has 2 aromatic carbocycles. The number of hydrogen-bond acceptors (Lipinski definition) is 2. The molecule has 1 fully saturated rings. The van der Waals surface area contributed by atoms with Gasteiger partial charge in [-0.15, -0.1) is 0 Å². The van der Waals surface area contributed by atoms with Crippen LogP contribution in [0.3, 0.4) is 0 Å². The highest BCUT2D eigenvalue weighted by atomic mass is 15.1. The molecule has 3 rings (SSSR count). The van der Waals surface area contributed by atoms with Crippen molar-refractivity contribution in [3.63, 3.8) is 0 Å². The quantitative estimate of drug-likeness (QED) is 0.906. The molecule has 0 amide bonds. The van der Waals surface area contributed by atoms with E-state index in [1.807, 2.05) is 0 Å². The van der Waals surface area contributed by atoms with Gasteiger partial charge in [0.2, 0.25) is 0 Å². The van der Waals surface area contributed by atoms with Crippen molar-refractivity contribution >= 4 is 16.5 Å². The van der Waals surface area contributed by atoms with Crippen LogP contribution in [0, 0.1) is 11.8 Å². The second-order valence-corrected chi connectivity index (χ2v) is 5.85. The highest BCUT2D eigenvalue weighted by Crippen LogP contribution is 2.39. The minimum absolute atomic E-state index is 0.601. The molecule has 0 spiro atoms. The summed E-state index contributed by atoms with van der Waals surface area (Å²) in [7, 11) is 2.20. The third-order valence-electron chi connectivity index (χ3n) is 4.41. The highest BCUT2D eigenvalue weighted by Gasteiger charge is 2.33. The Morgan fingerprint density at radius 2 is 1.84 bits per heavy atom. The Kier molecular flexibility index (Phi) is 3.19. The molecular formula is C17H22N2. The molecule has 2 unspecified atom stereocenters. The molecule has 0 saturated heterocycles. The summed E-state index contributed by atoms with van der Waals surface area (Å²) in [6.45, 7) is 4.10. The van der Waals surface area contributed by atoms with Gasteiger partial charge in [-0.1, -0.05) is 37.3 Å². The summed E-state index contributed by atoms with van der Waals surface area (Å²) in [5, 5.41) is 2.61. The number of fused-ring (bicyclic) bond motifs is 1. The molecular weight excluding hydrogens is 232 g/mol. The minimum atomic E-state index is 0.601. The molecule has 0 aliphatic heterocycles. The highest BCUT2D eigenvalue weighted by molar-refractivity contribution is 5.96. The van der Waals surface area contributed by atoms with Crippen LogP contribution in [0.15, 0.2) is 36.4 Å². The van der Waals surface area contributed by atoms with Crippen LogP contribution in [0.5, 0.6) is 0 Å². The number of benzene rings is 2. The topological polar surface area (TPSA) is 29.3 Å². The summed E-state index contributed by atoms with van der Waals surface area (Å²) in [6, 6.07) is 13.0. The van der Waals surface area contributed by atoms with E-state index in [9.17, 15) is 0 Å². The first-order valence-electron chi connectivity index (χ1n) is 7.12.